The standard InChI is InChI=1S/C19H12ClFN8O4/c20-11-2-1-3-12(21)10(11)7-23-25-19(30)15-16(9-4-5-13-14(6-9)32-8-31-13)29(28-24-15)18-17(22)26-33-27-18/h1-7H,8H2,(H2,22,26)(H,25,30)/b23-7+. The van der Waals surface area contributed by atoms with Gasteiger partial charge in [-0.05, 0) is 40.6 Å². The molecule has 0 radical (unpaired) electrons. The Morgan fingerprint density at radius 1 is 1.24 bits per heavy atom. The van der Waals surface area contributed by atoms with Crippen LogP contribution in [0, 0.1) is 5.82 Å². The van der Waals surface area contributed by atoms with Crippen molar-refractivity contribution in [3.63, 3.8) is 0 Å². The number of anilines is 1. The molecule has 33 heavy (non-hydrogen) atoms. The zero-order valence-corrected chi connectivity index (χ0v) is 17.2. The van der Waals surface area contributed by atoms with Crippen molar-refractivity contribution in [2.24, 2.45) is 5.10 Å². The summed E-state index contributed by atoms with van der Waals surface area (Å²) in [6.07, 6.45) is 1.08. The maximum absolute atomic E-state index is 13.9. The van der Waals surface area contributed by atoms with E-state index in [1.807, 2.05) is 0 Å². The number of aromatic nitrogens is 5. The third-order valence-corrected chi connectivity index (χ3v) is 4.92. The zero-order chi connectivity index (χ0) is 22.9. The molecule has 0 unspecified atom stereocenters. The molecule has 4 aromatic rings. The monoisotopic (exact) mass is 470 g/mol. The van der Waals surface area contributed by atoms with Crippen molar-refractivity contribution < 1.29 is 23.3 Å². The number of carbonyl (C=O) groups excluding carboxylic acids is 1. The molecule has 3 N–H and O–H groups in total. The number of nitrogen functional groups attached to an aromatic ring is 1. The fraction of sp³-hybridized carbons (Fsp3) is 0.0526. The van der Waals surface area contributed by atoms with Crippen LogP contribution in [0.3, 0.4) is 0 Å². The second kappa shape index (κ2) is 8.20. The van der Waals surface area contributed by atoms with Crippen LogP contribution < -0.4 is 20.6 Å². The number of nitrogens with one attached hydrogen (secondary N) is 1. The molecule has 12 nitrogen and oxygen atoms in total. The van der Waals surface area contributed by atoms with Crippen LogP contribution in [0.5, 0.6) is 11.5 Å². The molecule has 2 aromatic carbocycles. The molecule has 0 atom stereocenters. The highest BCUT2D eigenvalue weighted by atomic mass is 35.5. The van der Waals surface area contributed by atoms with Crippen molar-refractivity contribution in [1.29, 1.82) is 0 Å². The summed E-state index contributed by atoms with van der Waals surface area (Å²) in [6.45, 7) is 0.0666. The lowest BCUT2D eigenvalue weighted by molar-refractivity contribution is 0.0950. The molecule has 1 amide bonds. The van der Waals surface area contributed by atoms with Gasteiger partial charge in [0.15, 0.2) is 17.2 Å². The Labute approximate surface area is 188 Å². The van der Waals surface area contributed by atoms with Gasteiger partial charge in [-0.1, -0.05) is 22.9 Å². The molecule has 1 aliphatic heterocycles. The number of hydrogen-bond acceptors (Lipinski definition) is 10. The summed E-state index contributed by atoms with van der Waals surface area (Å²) in [5, 5.41) is 19.1. The van der Waals surface area contributed by atoms with Gasteiger partial charge in [-0.15, -0.1) is 5.10 Å². The van der Waals surface area contributed by atoms with E-state index in [1.165, 1.54) is 22.9 Å². The Hall–Kier alpha value is -4.52. The van der Waals surface area contributed by atoms with E-state index in [0.29, 0.717) is 17.1 Å². The van der Waals surface area contributed by atoms with E-state index in [1.54, 1.807) is 18.2 Å². The lowest BCUT2D eigenvalue weighted by Crippen LogP contribution is -2.19. The van der Waals surface area contributed by atoms with Crippen molar-refractivity contribution in [2.75, 3.05) is 12.5 Å². The van der Waals surface area contributed by atoms with Crippen LogP contribution in [-0.2, 0) is 0 Å². The van der Waals surface area contributed by atoms with Gasteiger partial charge < -0.3 is 15.2 Å². The number of hydrazone groups is 1. The second-order valence-electron chi connectivity index (χ2n) is 6.57. The third kappa shape index (κ3) is 3.70. The molecule has 2 aromatic heterocycles. The fourth-order valence-corrected chi connectivity index (χ4v) is 3.28. The van der Waals surface area contributed by atoms with Crippen LogP contribution >= 0.6 is 11.6 Å². The van der Waals surface area contributed by atoms with E-state index >= 15 is 0 Å². The molecule has 0 saturated heterocycles. The van der Waals surface area contributed by atoms with E-state index in [4.69, 9.17) is 26.8 Å². The number of halogens is 2. The number of nitrogens with zero attached hydrogens (tertiary/aromatic N) is 6. The van der Waals surface area contributed by atoms with Crippen LogP contribution in [-0.4, -0.2) is 44.2 Å². The van der Waals surface area contributed by atoms with Crippen molar-refractivity contribution in [3.05, 3.63) is 58.5 Å². The number of amides is 1. The molecule has 0 saturated carbocycles. The largest absolute Gasteiger partial charge is 0.454 e. The molecular formula is C19H12ClFN8O4. The van der Waals surface area contributed by atoms with E-state index < -0.39 is 11.7 Å². The number of nitrogens with two attached hydrogens (primary N) is 1. The molecule has 5 rings (SSSR count). The number of rotatable bonds is 5. The van der Waals surface area contributed by atoms with E-state index in [0.717, 1.165) is 6.21 Å². The SMILES string of the molecule is Nc1nonc1-n1nnc(C(=O)N/N=C/c2c(F)cccc2Cl)c1-c1ccc2c(c1)OCO2. The highest BCUT2D eigenvalue weighted by Crippen LogP contribution is 2.37. The number of hydrogen-bond donors (Lipinski definition) is 2. The van der Waals surface area contributed by atoms with Crippen molar-refractivity contribution in [2.45, 2.75) is 0 Å². The zero-order valence-electron chi connectivity index (χ0n) is 16.4. The van der Waals surface area contributed by atoms with E-state index in [9.17, 15) is 9.18 Å². The maximum atomic E-state index is 13.9. The van der Waals surface area contributed by atoms with Crippen LogP contribution in [0.2, 0.25) is 5.02 Å². The van der Waals surface area contributed by atoms with Crippen molar-refractivity contribution in [3.8, 4) is 28.6 Å². The van der Waals surface area contributed by atoms with Gasteiger partial charge >= 0.3 is 0 Å². The topological polar surface area (TPSA) is 156 Å². The van der Waals surface area contributed by atoms with Gasteiger partial charge in [0.2, 0.25) is 18.4 Å². The second-order valence-corrected chi connectivity index (χ2v) is 6.98. The Bertz CT molecular complexity index is 1380. The number of ether oxygens (including phenoxy) is 2. The minimum Gasteiger partial charge on any atom is -0.454 e. The van der Waals surface area contributed by atoms with E-state index in [2.05, 4.69) is 35.8 Å². The summed E-state index contributed by atoms with van der Waals surface area (Å²) in [7, 11) is 0. The summed E-state index contributed by atoms with van der Waals surface area (Å²) < 4.78 is 30.5. The van der Waals surface area contributed by atoms with Gasteiger partial charge in [0.05, 0.1) is 11.2 Å². The molecule has 1 aliphatic rings. The van der Waals surface area contributed by atoms with Crippen molar-refractivity contribution in [1.82, 2.24) is 30.7 Å². The summed E-state index contributed by atoms with van der Waals surface area (Å²) in [5.41, 5.74) is 8.64. The smallest absolute Gasteiger partial charge is 0.294 e. The predicted molar refractivity (Wildman–Crippen MR) is 112 cm³/mol. The highest BCUT2D eigenvalue weighted by Gasteiger charge is 2.26. The summed E-state index contributed by atoms with van der Waals surface area (Å²) in [4.78, 5) is 12.9. The molecule has 166 valence electrons. The minimum atomic E-state index is -0.743. The Morgan fingerprint density at radius 3 is 2.88 bits per heavy atom. The normalized spacial score (nSPS) is 12.4. The minimum absolute atomic E-state index is 0.0144. The molecule has 0 fully saturated rings. The van der Waals surface area contributed by atoms with Crippen LogP contribution in [0.4, 0.5) is 10.2 Å². The van der Waals surface area contributed by atoms with Gasteiger partial charge in [-0.2, -0.15) is 9.78 Å². The van der Waals surface area contributed by atoms with Crippen LogP contribution in [0.1, 0.15) is 16.1 Å². The lowest BCUT2D eigenvalue weighted by atomic mass is 10.1. The van der Waals surface area contributed by atoms with Gasteiger partial charge in [-0.3, -0.25) is 4.79 Å². The van der Waals surface area contributed by atoms with Crippen molar-refractivity contribution >= 4 is 29.5 Å². The lowest BCUT2D eigenvalue weighted by Gasteiger charge is -2.07. The first-order valence-electron chi connectivity index (χ1n) is 9.24. The Morgan fingerprint density at radius 2 is 2.09 bits per heavy atom. The Kier molecular flexibility index (Phi) is 5.06. The van der Waals surface area contributed by atoms with Gasteiger partial charge in [0, 0.05) is 11.1 Å². The average Bonchev–Trinajstić information content (AvgIpc) is 3.53. The summed E-state index contributed by atoms with van der Waals surface area (Å²) >= 11 is 5.96. The maximum Gasteiger partial charge on any atom is 0.294 e. The van der Waals surface area contributed by atoms with E-state index in [-0.39, 0.29) is 40.4 Å². The molecule has 0 bridgehead atoms. The molecule has 3 heterocycles. The molecule has 0 spiro atoms. The number of carbonyl (C=O) groups is 1. The quantitative estimate of drug-likeness (QED) is 0.329. The summed E-state index contributed by atoms with van der Waals surface area (Å²) in [6, 6.07) is 9.14. The van der Waals surface area contributed by atoms with Crippen LogP contribution in [0.15, 0.2) is 46.1 Å². The van der Waals surface area contributed by atoms with Gasteiger partial charge in [-0.25, -0.2) is 14.4 Å². The predicted octanol–water partition coefficient (Wildman–Crippen LogP) is 2.18. The number of benzene rings is 2. The fourth-order valence-electron chi connectivity index (χ4n) is 3.07. The third-order valence-electron chi connectivity index (χ3n) is 4.59. The molecule has 14 heteroatoms. The first-order valence-corrected chi connectivity index (χ1v) is 9.62. The number of fused-ring (bicyclic) bond motifs is 1. The first kappa shape index (κ1) is 20.4. The first-order chi connectivity index (χ1) is 16.0. The molecule has 0 aliphatic carbocycles. The molecular weight excluding hydrogens is 459 g/mol. The van der Waals surface area contributed by atoms with Gasteiger partial charge in [0.25, 0.3) is 5.91 Å². The van der Waals surface area contributed by atoms with Gasteiger partial charge in [0.1, 0.15) is 11.5 Å². The summed E-state index contributed by atoms with van der Waals surface area (Å²) in [5.74, 6) is -0.381. The highest BCUT2D eigenvalue weighted by molar-refractivity contribution is 6.33. The Balaban J connectivity index is 1.52. The average molecular weight is 471 g/mol. The van der Waals surface area contributed by atoms with Crippen LogP contribution in [0.25, 0.3) is 17.1 Å².